The molecule has 1 fully saturated rings. The van der Waals surface area contributed by atoms with Crippen LogP contribution in [0.4, 0.5) is 4.39 Å². The quantitative estimate of drug-likeness (QED) is 0.512. The van der Waals surface area contributed by atoms with Crippen LogP contribution in [0.15, 0.2) is 74.8 Å². The molecule has 0 N–H and O–H groups in total. The van der Waals surface area contributed by atoms with Crippen LogP contribution in [0.5, 0.6) is 0 Å². The van der Waals surface area contributed by atoms with Crippen molar-refractivity contribution in [3.63, 3.8) is 0 Å². The number of nitrogens with zero attached hydrogens (tertiary/aromatic N) is 3. The van der Waals surface area contributed by atoms with E-state index in [0.717, 1.165) is 17.6 Å². The fourth-order valence-corrected chi connectivity index (χ4v) is 5.16. The normalized spacial score (nSPS) is 15.4. The van der Waals surface area contributed by atoms with E-state index in [4.69, 9.17) is 8.83 Å². The SMILES string of the molecule is O=C(CN(Cc1ccco1)Cc1ccco1)N1CCN(S(=O)(=O)c2ccccc2F)CC1. The highest BCUT2D eigenvalue weighted by atomic mass is 32.2. The maximum absolute atomic E-state index is 14.0. The maximum atomic E-state index is 14.0. The third-order valence-electron chi connectivity index (χ3n) is 5.32. The minimum atomic E-state index is -3.95. The zero-order valence-electron chi connectivity index (χ0n) is 17.4. The van der Waals surface area contributed by atoms with Crippen LogP contribution in [0.1, 0.15) is 11.5 Å². The highest BCUT2D eigenvalue weighted by Gasteiger charge is 2.32. The molecule has 170 valence electrons. The van der Waals surface area contributed by atoms with Crippen LogP contribution in [0.3, 0.4) is 0 Å². The lowest BCUT2D eigenvalue weighted by molar-refractivity contribution is -0.134. The Morgan fingerprint density at radius 3 is 2.03 bits per heavy atom. The summed E-state index contributed by atoms with van der Waals surface area (Å²) >= 11 is 0. The Labute approximate surface area is 185 Å². The van der Waals surface area contributed by atoms with Crippen molar-refractivity contribution in [2.45, 2.75) is 18.0 Å². The van der Waals surface area contributed by atoms with Gasteiger partial charge in [-0.2, -0.15) is 4.31 Å². The van der Waals surface area contributed by atoms with Crippen molar-refractivity contribution in [3.8, 4) is 0 Å². The number of piperazine rings is 1. The number of carbonyl (C=O) groups excluding carboxylic acids is 1. The predicted molar refractivity (Wildman–Crippen MR) is 113 cm³/mol. The molecule has 0 saturated carbocycles. The topological polar surface area (TPSA) is 87.2 Å². The van der Waals surface area contributed by atoms with E-state index in [1.54, 1.807) is 29.6 Å². The van der Waals surface area contributed by atoms with E-state index in [0.29, 0.717) is 13.1 Å². The summed E-state index contributed by atoms with van der Waals surface area (Å²) in [6.45, 7) is 1.69. The molecule has 10 heteroatoms. The highest BCUT2D eigenvalue weighted by Crippen LogP contribution is 2.20. The van der Waals surface area contributed by atoms with Crippen LogP contribution in [-0.4, -0.2) is 61.2 Å². The average Bonchev–Trinajstić information content (AvgIpc) is 3.48. The number of sulfonamides is 1. The van der Waals surface area contributed by atoms with Gasteiger partial charge in [0.25, 0.3) is 0 Å². The molecule has 0 spiro atoms. The van der Waals surface area contributed by atoms with Crippen LogP contribution in [0, 0.1) is 5.82 Å². The molecule has 8 nitrogen and oxygen atoms in total. The van der Waals surface area contributed by atoms with Crippen molar-refractivity contribution in [1.82, 2.24) is 14.1 Å². The van der Waals surface area contributed by atoms with Crippen LogP contribution in [0.25, 0.3) is 0 Å². The lowest BCUT2D eigenvalue weighted by atomic mass is 10.3. The molecule has 32 heavy (non-hydrogen) atoms. The van der Waals surface area contributed by atoms with Gasteiger partial charge in [0.1, 0.15) is 22.2 Å². The molecule has 2 aromatic heterocycles. The first-order valence-corrected chi connectivity index (χ1v) is 11.7. The Balaban J connectivity index is 1.38. The van der Waals surface area contributed by atoms with Crippen LogP contribution in [-0.2, 0) is 27.9 Å². The number of benzene rings is 1. The number of halogens is 1. The first-order valence-electron chi connectivity index (χ1n) is 10.2. The molecule has 1 amide bonds. The summed E-state index contributed by atoms with van der Waals surface area (Å²) in [6.07, 6.45) is 3.16. The molecule has 3 heterocycles. The second-order valence-corrected chi connectivity index (χ2v) is 9.43. The first-order chi connectivity index (χ1) is 15.4. The second-order valence-electron chi connectivity index (χ2n) is 7.52. The van der Waals surface area contributed by atoms with Crippen molar-refractivity contribution >= 4 is 15.9 Å². The Morgan fingerprint density at radius 2 is 1.50 bits per heavy atom. The predicted octanol–water partition coefficient (Wildman–Crippen LogP) is 2.55. The van der Waals surface area contributed by atoms with Gasteiger partial charge >= 0.3 is 0 Å². The van der Waals surface area contributed by atoms with Crippen LogP contribution >= 0.6 is 0 Å². The van der Waals surface area contributed by atoms with E-state index in [1.165, 1.54) is 22.5 Å². The van der Waals surface area contributed by atoms with Gasteiger partial charge in [-0.15, -0.1) is 0 Å². The summed E-state index contributed by atoms with van der Waals surface area (Å²) in [5.74, 6) is 0.555. The Hall–Kier alpha value is -2.95. The van der Waals surface area contributed by atoms with Crippen molar-refractivity contribution in [3.05, 3.63) is 78.4 Å². The standard InChI is InChI=1S/C22H24FN3O5S/c23-20-7-1-2-8-21(20)32(28,29)26-11-9-25(10-12-26)22(27)17-24(15-18-5-3-13-30-18)16-19-6-4-14-31-19/h1-8,13-14H,9-12,15-17H2. The fraction of sp³-hybridized carbons (Fsp3) is 0.318. The van der Waals surface area contributed by atoms with Crippen molar-refractivity contribution in [2.24, 2.45) is 0 Å². The van der Waals surface area contributed by atoms with Gasteiger partial charge in [-0.05, 0) is 36.4 Å². The number of amides is 1. The molecule has 4 rings (SSSR count). The molecular formula is C22H24FN3O5S. The average molecular weight is 462 g/mol. The number of hydrogen-bond donors (Lipinski definition) is 0. The molecule has 0 atom stereocenters. The molecule has 3 aromatic rings. The van der Waals surface area contributed by atoms with E-state index in [-0.39, 0.29) is 43.5 Å². The molecule has 1 aliphatic rings. The van der Waals surface area contributed by atoms with Crippen molar-refractivity contribution in [1.29, 1.82) is 0 Å². The maximum Gasteiger partial charge on any atom is 0.246 e. The molecule has 1 saturated heterocycles. The number of hydrogen-bond acceptors (Lipinski definition) is 6. The van der Waals surface area contributed by atoms with Crippen LogP contribution < -0.4 is 0 Å². The summed E-state index contributed by atoms with van der Waals surface area (Å²) in [4.78, 5) is 16.1. The minimum Gasteiger partial charge on any atom is -0.468 e. The number of furan rings is 2. The van der Waals surface area contributed by atoms with Crippen LogP contribution in [0.2, 0.25) is 0 Å². The van der Waals surface area contributed by atoms with Crippen molar-refractivity contribution in [2.75, 3.05) is 32.7 Å². The summed E-state index contributed by atoms with van der Waals surface area (Å²) in [7, 11) is -3.95. The van der Waals surface area contributed by atoms with Gasteiger partial charge in [0.05, 0.1) is 32.2 Å². The summed E-state index contributed by atoms with van der Waals surface area (Å²) in [6, 6.07) is 12.6. The molecule has 0 unspecified atom stereocenters. The summed E-state index contributed by atoms with van der Waals surface area (Å²) < 4.78 is 51.6. The Morgan fingerprint density at radius 1 is 0.906 bits per heavy atom. The first kappa shape index (κ1) is 22.3. The summed E-state index contributed by atoms with van der Waals surface area (Å²) in [5.41, 5.74) is 0. The molecule has 0 bridgehead atoms. The number of rotatable bonds is 8. The van der Waals surface area contributed by atoms with E-state index < -0.39 is 15.8 Å². The molecule has 0 aliphatic carbocycles. The van der Waals surface area contributed by atoms with Gasteiger partial charge in [-0.25, -0.2) is 12.8 Å². The lowest BCUT2D eigenvalue weighted by Crippen LogP contribution is -2.52. The van der Waals surface area contributed by atoms with E-state index in [9.17, 15) is 17.6 Å². The fourth-order valence-electron chi connectivity index (χ4n) is 3.68. The third-order valence-corrected chi connectivity index (χ3v) is 7.26. The zero-order chi connectivity index (χ0) is 22.6. The van der Waals surface area contributed by atoms with Gasteiger partial charge < -0.3 is 13.7 Å². The van der Waals surface area contributed by atoms with Crippen molar-refractivity contribution < 1.29 is 26.4 Å². The molecule has 0 radical (unpaired) electrons. The monoisotopic (exact) mass is 461 g/mol. The second kappa shape index (κ2) is 9.68. The lowest BCUT2D eigenvalue weighted by Gasteiger charge is -2.35. The van der Waals surface area contributed by atoms with Gasteiger partial charge in [0, 0.05) is 26.2 Å². The Kier molecular flexibility index (Phi) is 6.73. The largest absolute Gasteiger partial charge is 0.468 e. The third kappa shape index (κ3) is 5.09. The minimum absolute atomic E-state index is 0.110. The number of carbonyl (C=O) groups is 1. The van der Waals surface area contributed by atoms with Gasteiger partial charge in [0.15, 0.2) is 0 Å². The van der Waals surface area contributed by atoms with Gasteiger partial charge in [-0.3, -0.25) is 9.69 Å². The smallest absolute Gasteiger partial charge is 0.246 e. The highest BCUT2D eigenvalue weighted by molar-refractivity contribution is 7.89. The van der Waals surface area contributed by atoms with Gasteiger partial charge in [0.2, 0.25) is 15.9 Å². The van der Waals surface area contributed by atoms with E-state index in [2.05, 4.69) is 0 Å². The van der Waals surface area contributed by atoms with E-state index >= 15 is 0 Å². The Bertz CT molecular complexity index is 1090. The van der Waals surface area contributed by atoms with Gasteiger partial charge in [-0.1, -0.05) is 12.1 Å². The molecule has 1 aliphatic heterocycles. The van der Waals surface area contributed by atoms with E-state index in [1.807, 2.05) is 17.0 Å². The zero-order valence-corrected chi connectivity index (χ0v) is 18.2. The molecule has 1 aromatic carbocycles. The molecular weight excluding hydrogens is 437 g/mol. The summed E-state index contributed by atoms with van der Waals surface area (Å²) in [5, 5.41) is 0.